The third-order valence-electron chi connectivity index (χ3n) is 4.31. The zero-order valence-electron chi connectivity index (χ0n) is 17.5. The van der Waals surface area contributed by atoms with Crippen molar-refractivity contribution in [2.24, 2.45) is 4.99 Å². The maximum absolute atomic E-state index is 5.59. The Morgan fingerprint density at radius 3 is 2.57 bits per heavy atom. The first-order valence-electron chi connectivity index (χ1n) is 9.70. The lowest BCUT2D eigenvalue weighted by Gasteiger charge is -2.11. The van der Waals surface area contributed by atoms with Crippen LogP contribution in [-0.2, 0) is 17.8 Å². The summed E-state index contributed by atoms with van der Waals surface area (Å²) in [5.74, 6) is 1.85. The fourth-order valence-electron chi connectivity index (χ4n) is 2.63. The van der Waals surface area contributed by atoms with E-state index in [0.717, 1.165) is 16.8 Å². The molecule has 30 heavy (non-hydrogen) atoms. The van der Waals surface area contributed by atoms with Crippen LogP contribution < -0.4 is 15.4 Å². The summed E-state index contributed by atoms with van der Waals surface area (Å²) in [5.41, 5.74) is 3.97. The van der Waals surface area contributed by atoms with E-state index in [2.05, 4.69) is 32.5 Å². The van der Waals surface area contributed by atoms with Gasteiger partial charge in [0.25, 0.3) is 0 Å². The normalized spacial score (nSPS) is 11.4. The van der Waals surface area contributed by atoms with E-state index in [1.807, 2.05) is 36.4 Å². The Morgan fingerprint density at radius 2 is 1.87 bits per heavy atom. The zero-order chi connectivity index (χ0) is 21.2. The number of pyridine rings is 1. The lowest BCUT2D eigenvalue weighted by atomic mass is 10.1. The van der Waals surface area contributed by atoms with Crippen molar-refractivity contribution < 1.29 is 13.9 Å². The molecule has 2 N–H and O–H groups in total. The number of ether oxygens (including phenoxy) is 2. The molecule has 0 aliphatic heterocycles. The number of guanidine groups is 1. The average molecular weight is 409 g/mol. The Morgan fingerprint density at radius 1 is 1.07 bits per heavy atom. The molecule has 8 heteroatoms. The van der Waals surface area contributed by atoms with Crippen molar-refractivity contribution in [3.8, 4) is 17.3 Å². The van der Waals surface area contributed by atoms with Gasteiger partial charge in [0.05, 0.1) is 18.8 Å². The van der Waals surface area contributed by atoms with Gasteiger partial charge in [0.2, 0.25) is 11.8 Å². The summed E-state index contributed by atoms with van der Waals surface area (Å²) in [7, 11) is 3.36. The summed E-state index contributed by atoms with van der Waals surface area (Å²) in [6, 6.07) is 11.9. The zero-order valence-corrected chi connectivity index (χ0v) is 17.5. The summed E-state index contributed by atoms with van der Waals surface area (Å²) in [6.45, 7) is 4.14. The minimum absolute atomic E-state index is 0.478. The first kappa shape index (κ1) is 21.3. The molecular formula is C22H27N5O3. The number of methoxy groups -OCH3 is 1. The summed E-state index contributed by atoms with van der Waals surface area (Å²) < 4.78 is 16.0. The molecule has 0 unspecified atom stereocenters. The van der Waals surface area contributed by atoms with Crippen LogP contribution in [0, 0.1) is 6.92 Å². The van der Waals surface area contributed by atoms with E-state index >= 15 is 0 Å². The molecule has 0 amide bonds. The highest BCUT2D eigenvalue weighted by atomic mass is 16.5. The molecule has 0 radical (unpaired) electrons. The number of aliphatic imine (C=N–C) groups is 1. The van der Waals surface area contributed by atoms with Gasteiger partial charge in [-0.2, -0.15) is 0 Å². The highest BCUT2D eigenvalue weighted by Crippen LogP contribution is 2.19. The number of aryl methyl sites for hydroxylation is 1. The van der Waals surface area contributed by atoms with Crippen molar-refractivity contribution in [1.29, 1.82) is 0 Å². The molecule has 0 fully saturated rings. The minimum atomic E-state index is 0.478. The second-order valence-electron chi connectivity index (χ2n) is 6.64. The van der Waals surface area contributed by atoms with Crippen LogP contribution in [0.5, 0.6) is 5.88 Å². The van der Waals surface area contributed by atoms with Gasteiger partial charge in [0.15, 0.2) is 5.96 Å². The number of nitrogens with zero attached hydrogens (tertiary/aromatic N) is 3. The highest BCUT2D eigenvalue weighted by molar-refractivity contribution is 5.79. The van der Waals surface area contributed by atoms with Crippen LogP contribution in [0.25, 0.3) is 11.5 Å². The largest absolute Gasteiger partial charge is 0.475 e. The standard InChI is InChI=1S/C22H27N5O3/c1-16-4-7-18(8-5-16)21-27-19(15-30-21)14-26-22(23-2)25-13-17-6-9-20(24-12-17)29-11-10-28-3/h4-9,12,15H,10-11,13-14H2,1-3H3,(H2,23,25,26). The Balaban J connectivity index is 1.46. The highest BCUT2D eigenvalue weighted by Gasteiger charge is 2.07. The maximum atomic E-state index is 5.59. The Hall–Kier alpha value is -3.39. The number of oxazole rings is 1. The molecule has 0 aliphatic rings. The first-order valence-corrected chi connectivity index (χ1v) is 9.70. The molecule has 0 aliphatic carbocycles. The molecule has 0 saturated heterocycles. The van der Waals surface area contributed by atoms with Crippen LogP contribution >= 0.6 is 0 Å². The SMILES string of the molecule is CN=C(NCc1ccc(OCCOC)nc1)NCc1coc(-c2ccc(C)cc2)n1. The molecule has 8 nitrogen and oxygen atoms in total. The quantitative estimate of drug-likeness (QED) is 0.319. The molecule has 0 bridgehead atoms. The fourth-order valence-corrected chi connectivity index (χ4v) is 2.63. The lowest BCUT2D eigenvalue weighted by molar-refractivity contribution is 0.143. The van der Waals surface area contributed by atoms with Gasteiger partial charge in [0.1, 0.15) is 12.9 Å². The van der Waals surface area contributed by atoms with Crippen molar-refractivity contribution >= 4 is 5.96 Å². The molecule has 0 atom stereocenters. The van der Waals surface area contributed by atoms with E-state index in [0.29, 0.717) is 44.0 Å². The minimum Gasteiger partial charge on any atom is -0.475 e. The van der Waals surface area contributed by atoms with Gasteiger partial charge in [0, 0.05) is 38.5 Å². The number of hydrogen-bond acceptors (Lipinski definition) is 6. The second-order valence-corrected chi connectivity index (χ2v) is 6.64. The van der Waals surface area contributed by atoms with Crippen LogP contribution in [0.3, 0.4) is 0 Å². The first-order chi connectivity index (χ1) is 14.7. The predicted octanol–water partition coefficient (Wildman–Crippen LogP) is 2.94. The molecule has 2 heterocycles. The number of aromatic nitrogens is 2. The van der Waals surface area contributed by atoms with E-state index in [9.17, 15) is 0 Å². The van der Waals surface area contributed by atoms with E-state index in [-0.39, 0.29) is 0 Å². The third-order valence-corrected chi connectivity index (χ3v) is 4.31. The van der Waals surface area contributed by atoms with E-state index < -0.39 is 0 Å². The molecule has 0 spiro atoms. The molecular weight excluding hydrogens is 382 g/mol. The number of nitrogens with one attached hydrogen (secondary N) is 2. The Kier molecular flexibility index (Phi) is 7.79. The van der Waals surface area contributed by atoms with Gasteiger partial charge in [-0.3, -0.25) is 4.99 Å². The van der Waals surface area contributed by atoms with Crippen molar-refractivity contribution in [3.63, 3.8) is 0 Å². The Bertz CT molecular complexity index is 936. The smallest absolute Gasteiger partial charge is 0.226 e. The fraction of sp³-hybridized carbons (Fsp3) is 0.318. The number of rotatable bonds is 9. The van der Waals surface area contributed by atoms with Crippen molar-refractivity contribution in [2.45, 2.75) is 20.0 Å². The van der Waals surface area contributed by atoms with Crippen LogP contribution in [0.15, 0.2) is 58.3 Å². The van der Waals surface area contributed by atoms with E-state index in [1.165, 1.54) is 5.56 Å². The molecule has 3 rings (SSSR count). The topological polar surface area (TPSA) is 93.8 Å². The predicted molar refractivity (Wildman–Crippen MR) is 115 cm³/mol. The summed E-state index contributed by atoms with van der Waals surface area (Å²) in [4.78, 5) is 13.1. The maximum Gasteiger partial charge on any atom is 0.226 e. The monoisotopic (exact) mass is 409 g/mol. The summed E-state index contributed by atoms with van der Waals surface area (Å²) in [6.07, 6.45) is 3.43. The number of benzene rings is 1. The van der Waals surface area contributed by atoms with Crippen LogP contribution in [0.4, 0.5) is 0 Å². The lowest BCUT2D eigenvalue weighted by Crippen LogP contribution is -2.36. The molecule has 2 aromatic heterocycles. The van der Waals surface area contributed by atoms with Crippen molar-refractivity contribution in [2.75, 3.05) is 27.4 Å². The molecule has 0 saturated carbocycles. The molecule has 158 valence electrons. The summed E-state index contributed by atoms with van der Waals surface area (Å²) in [5, 5.41) is 6.49. The van der Waals surface area contributed by atoms with Crippen LogP contribution in [0.2, 0.25) is 0 Å². The van der Waals surface area contributed by atoms with Crippen LogP contribution in [0.1, 0.15) is 16.8 Å². The van der Waals surface area contributed by atoms with Gasteiger partial charge < -0.3 is 24.5 Å². The molecule has 1 aromatic carbocycles. The Labute approximate surface area is 176 Å². The third kappa shape index (κ3) is 6.31. The van der Waals surface area contributed by atoms with Gasteiger partial charge >= 0.3 is 0 Å². The van der Waals surface area contributed by atoms with Gasteiger partial charge in [-0.05, 0) is 24.6 Å². The van der Waals surface area contributed by atoms with Gasteiger partial charge in [-0.1, -0.05) is 23.8 Å². The average Bonchev–Trinajstić information content (AvgIpc) is 3.24. The van der Waals surface area contributed by atoms with E-state index in [1.54, 1.807) is 26.6 Å². The van der Waals surface area contributed by atoms with E-state index in [4.69, 9.17) is 13.9 Å². The van der Waals surface area contributed by atoms with Crippen molar-refractivity contribution in [1.82, 2.24) is 20.6 Å². The number of hydrogen-bond donors (Lipinski definition) is 2. The van der Waals surface area contributed by atoms with Gasteiger partial charge in [-0.15, -0.1) is 0 Å². The van der Waals surface area contributed by atoms with Gasteiger partial charge in [-0.25, -0.2) is 9.97 Å². The molecule has 3 aromatic rings. The van der Waals surface area contributed by atoms with Crippen molar-refractivity contribution in [3.05, 3.63) is 65.7 Å². The second kappa shape index (κ2) is 11.0. The van der Waals surface area contributed by atoms with Crippen LogP contribution in [-0.4, -0.2) is 43.3 Å². The summed E-state index contributed by atoms with van der Waals surface area (Å²) >= 11 is 0.